The van der Waals surface area contributed by atoms with E-state index in [0.29, 0.717) is 192 Å². The third-order valence-electron chi connectivity index (χ3n) is 6.76. The third kappa shape index (κ3) is 38.7. The van der Waals surface area contributed by atoms with E-state index in [0.717, 1.165) is 5.75 Å². The fourth-order valence-electron chi connectivity index (χ4n) is 4.26. The minimum absolute atomic E-state index is 0.0225. The van der Waals surface area contributed by atoms with Gasteiger partial charge in [-0.3, -0.25) is 0 Å². The second-order valence-electron chi connectivity index (χ2n) is 11.5. The average Bonchev–Trinajstić information content (AvgIpc) is 3.16. The van der Waals surface area contributed by atoms with Crippen molar-refractivity contribution in [3.63, 3.8) is 0 Å². The number of hydrogen-bond donors (Lipinski definition) is 1. The molecule has 1 aromatic rings. The van der Waals surface area contributed by atoms with Crippen LogP contribution in [0.3, 0.4) is 0 Å². The van der Waals surface area contributed by atoms with Crippen LogP contribution in [0.2, 0.25) is 0 Å². The summed E-state index contributed by atoms with van der Waals surface area (Å²) in [6.07, 6.45) is 0. The molecule has 1 rings (SSSR count). The van der Waals surface area contributed by atoms with Gasteiger partial charge in [-0.05, 0) is 37.1 Å². The molecule has 16 nitrogen and oxygen atoms in total. The number of hydrogen-bond acceptors (Lipinski definition) is 16. The van der Waals surface area contributed by atoms with Crippen LogP contribution in [0.5, 0.6) is 5.75 Å². The molecule has 54 heavy (non-hydrogen) atoms. The van der Waals surface area contributed by atoms with Gasteiger partial charge in [-0.1, -0.05) is 6.07 Å². The van der Waals surface area contributed by atoms with E-state index in [-0.39, 0.29) is 6.61 Å². The molecular weight excluding hydrogens is 712 g/mol. The molecule has 318 valence electrons. The van der Waals surface area contributed by atoms with Crippen LogP contribution in [0.15, 0.2) is 18.2 Å². The summed E-state index contributed by atoms with van der Waals surface area (Å²) in [7, 11) is 0. The number of ether oxygens (including phenoxy) is 15. The van der Waals surface area contributed by atoms with Crippen LogP contribution in [-0.2, 0) is 66.3 Å². The number of rotatable bonds is 45. The molecule has 0 heterocycles. The summed E-state index contributed by atoms with van der Waals surface area (Å²) in [6.45, 7) is 18.5. The Balaban J connectivity index is 1.62. The van der Waals surface area contributed by atoms with E-state index in [1.165, 1.54) is 11.1 Å². The first-order valence-corrected chi connectivity index (χ1v) is 19.1. The summed E-state index contributed by atoms with van der Waals surface area (Å²) in [6, 6.07) is 6.16. The molecule has 0 saturated carbocycles. The summed E-state index contributed by atoms with van der Waals surface area (Å²) in [5.74, 6) is 0.873. The molecule has 0 fully saturated rings. The van der Waals surface area contributed by atoms with Crippen molar-refractivity contribution in [1.82, 2.24) is 0 Å². The van der Waals surface area contributed by atoms with Gasteiger partial charge in [0.1, 0.15) is 12.4 Å². The number of aliphatic hydroxyl groups excluding tert-OH is 1. The molecule has 0 spiro atoms. The first-order valence-electron chi connectivity index (χ1n) is 19.1. The molecule has 0 saturated heterocycles. The van der Waals surface area contributed by atoms with E-state index in [1.54, 1.807) is 0 Å². The Morgan fingerprint density at radius 2 is 0.463 bits per heavy atom. The molecular formula is C38H70O16. The molecule has 0 aliphatic heterocycles. The van der Waals surface area contributed by atoms with Crippen LogP contribution in [0.4, 0.5) is 0 Å². The SMILES string of the molecule is Cc1cc(C)cc(OCCOCCOCCOCCOCCOCCOCCOCCOCCOCCOCCOCCOCCOCCOCCO)c1. The highest BCUT2D eigenvalue weighted by Gasteiger charge is 1.99. The number of aliphatic hydroxyl groups is 1. The second kappa shape index (κ2) is 42.6. The van der Waals surface area contributed by atoms with Gasteiger partial charge in [-0.15, -0.1) is 0 Å². The molecule has 0 amide bonds. The molecule has 0 bridgehead atoms. The topological polar surface area (TPSA) is 159 Å². The zero-order chi connectivity index (χ0) is 38.7. The Kier molecular flexibility index (Phi) is 39.8. The van der Waals surface area contributed by atoms with Crippen molar-refractivity contribution >= 4 is 0 Å². The monoisotopic (exact) mass is 782 g/mol. The molecule has 0 aromatic heterocycles. The molecule has 0 atom stereocenters. The lowest BCUT2D eigenvalue weighted by Crippen LogP contribution is -2.16. The molecule has 1 N–H and O–H groups in total. The maximum atomic E-state index is 8.59. The summed E-state index contributed by atoms with van der Waals surface area (Å²) in [5, 5.41) is 8.59. The number of benzene rings is 1. The highest BCUT2D eigenvalue weighted by Crippen LogP contribution is 2.15. The zero-order valence-corrected chi connectivity index (χ0v) is 33.0. The summed E-state index contributed by atoms with van der Waals surface area (Å²) in [4.78, 5) is 0. The van der Waals surface area contributed by atoms with Gasteiger partial charge in [0.05, 0.1) is 192 Å². The Morgan fingerprint density at radius 1 is 0.278 bits per heavy atom. The highest BCUT2D eigenvalue weighted by atomic mass is 16.6. The minimum Gasteiger partial charge on any atom is -0.491 e. The Hall–Kier alpha value is -1.58. The van der Waals surface area contributed by atoms with E-state index in [1.807, 2.05) is 12.1 Å². The zero-order valence-electron chi connectivity index (χ0n) is 33.0. The summed E-state index contributed by atoms with van der Waals surface area (Å²) >= 11 is 0. The van der Waals surface area contributed by atoms with Crippen LogP contribution >= 0.6 is 0 Å². The Labute approximate surface area is 323 Å². The molecule has 0 aliphatic carbocycles. The second-order valence-corrected chi connectivity index (χ2v) is 11.5. The van der Waals surface area contributed by atoms with E-state index in [9.17, 15) is 0 Å². The number of aryl methyl sites for hydroxylation is 2. The predicted molar refractivity (Wildman–Crippen MR) is 200 cm³/mol. The third-order valence-corrected chi connectivity index (χ3v) is 6.76. The fourth-order valence-corrected chi connectivity index (χ4v) is 4.26. The lowest BCUT2D eigenvalue weighted by molar-refractivity contribution is -0.0298. The van der Waals surface area contributed by atoms with Gasteiger partial charge in [0, 0.05) is 0 Å². The van der Waals surface area contributed by atoms with E-state index in [2.05, 4.69) is 19.9 Å². The molecule has 1 aromatic carbocycles. The highest BCUT2D eigenvalue weighted by molar-refractivity contribution is 5.32. The van der Waals surface area contributed by atoms with Crippen LogP contribution in [0.1, 0.15) is 11.1 Å². The van der Waals surface area contributed by atoms with Crippen molar-refractivity contribution in [3.05, 3.63) is 29.3 Å². The maximum absolute atomic E-state index is 8.59. The van der Waals surface area contributed by atoms with Crippen LogP contribution < -0.4 is 4.74 Å². The van der Waals surface area contributed by atoms with Gasteiger partial charge in [-0.2, -0.15) is 0 Å². The van der Waals surface area contributed by atoms with Crippen LogP contribution in [0.25, 0.3) is 0 Å². The van der Waals surface area contributed by atoms with E-state index in [4.69, 9.17) is 76.2 Å². The van der Waals surface area contributed by atoms with Crippen molar-refractivity contribution < 1.29 is 76.2 Å². The lowest BCUT2D eigenvalue weighted by Gasteiger charge is -2.10. The van der Waals surface area contributed by atoms with Gasteiger partial charge in [-0.25, -0.2) is 0 Å². The molecule has 16 heteroatoms. The smallest absolute Gasteiger partial charge is 0.119 e. The predicted octanol–water partition coefficient (Wildman–Crippen LogP) is 1.91. The maximum Gasteiger partial charge on any atom is 0.119 e. The quantitative estimate of drug-likeness (QED) is 0.0956. The first kappa shape index (κ1) is 50.4. The van der Waals surface area contributed by atoms with Gasteiger partial charge >= 0.3 is 0 Å². The van der Waals surface area contributed by atoms with E-state index >= 15 is 0 Å². The Morgan fingerprint density at radius 3 is 0.667 bits per heavy atom. The van der Waals surface area contributed by atoms with Crippen molar-refractivity contribution in [3.8, 4) is 5.75 Å². The summed E-state index contributed by atoms with van der Waals surface area (Å²) in [5.41, 5.74) is 2.38. The van der Waals surface area contributed by atoms with Crippen LogP contribution in [0, 0.1) is 13.8 Å². The molecule has 0 unspecified atom stereocenters. The van der Waals surface area contributed by atoms with Gasteiger partial charge in [0.15, 0.2) is 0 Å². The normalized spacial score (nSPS) is 11.5. The molecule has 0 aliphatic rings. The summed E-state index contributed by atoms with van der Waals surface area (Å²) < 4.78 is 82.0. The van der Waals surface area contributed by atoms with Crippen molar-refractivity contribution in [2.75, 3.05) is 198 Å². The van der Waals surface area contributed by atoms with Crippen molar-refractivity contribution in [1.29, 1.82) is 0 Å². The minimum atomic E-state index is 0.0225. The largest absolute Gasteiger partial charge is 0.491 e. The lowest BCUT2D eigenvalue weighted by atomic mass is 10.1. The van der Waals surface area contributed by atoms with Gasteiger partial charge < -0.3 is 76.2 Å². The van der Waals surface area contributed by atoms with Gasteiger partial charge in [0.2, 0.25) is 0 Å². The van der Waals surface area contributed by atoms with Crippen molar-refractivity contribution in [2.24, 2.45) is 0 Å². The fraction of sp³-hybridized carbons (Fsp3) is 0.842. The average molecular weight is 783 g/mol. The first-order chi connectivity index (χ1) is 26.7. The van der Waals surface area contributed by atoms with Crippen LogP contribution in [-0.4, -0.2) is 203 Å². The molecule has 0 radical (unpaired) electrons. The van der Waals surface area contributed by atoms with Crippen molar-refractivity contribution in [2.45, 2.75) is 13.8 Å². The van der Waals surface area contributed by atoms with Gasteiger partial charge in [0.25, 0.3) is 0 Å². The Bertz CT molecular complexity index is 864. The standard InChI is InChI=1S/C38H70O16/c1-36-33-37(2)35-38(34-36)54-32-31-53-30-29-52-28-27-51-26-25-50-24-23-49-22-21-48-20-19-47-18-17-46-16-15-45-14-13-44-12-11-43-10-9-42-8-7-41-6-5-40-4-3-39/h33-35,39H,3-32H2,1-2H3. The van der Waals surface area contributed by atoms with E-state index < -0.39 is 0 Å².